The zero-order chi connectivity index (χ0) is 11.0. The van der Waals surface area contributed by atoms with Gasteiger partial charge in [-0.1, -0.05) is 6.92 Å². The van der Waals surface area contributed by atoms with Crippen LogP contribution in [0, 0.1) is 0 Å². The molecule has 0 rings (SSSR count). The molecule has 0 heterocycles. The van der Waals surface area contributed by atoms with E-state index >= 15 is 0 Å². The van der Waals surface area contributed by atoms with Gasteiger partial charge in [0, 0.05) is 13.0 Å². The van der Waals surface area contributed by atoms with Crippen molar-refractivity contribution in [2.45, 2.75) is 38.7 Å². The second-order valence-electron chi connectivity index (χ2n) is 3.71. The molecule has 0 aliphatic heterocycles. The molecule has 4 heteroatoms. The summed E-state index contributed by atoms with van der Waals surface area (Å²) < 4.78 is 4.50. The molecule has 0 radical (unpaired) electrons. The van der Waals surface area contributed by atoms with Gasteiger partial charge in [-0.15, -0.1) is 0 Å². The quantitative estimate of drug-likeness (QED) is 0.472. The first-order valence-corrected chi connectivity index (χ1v) is 5.01. The number of aliphatic hydroxyl groups is 1. The van der Waals surface area contributed by atoms with Crippen molar-refractivity contribution >= 4 is 5.97 Å². The Kier molecular flexibility index (Phi) is 6.49. The molecule has 0 saturated carbocycles. The summed E-state index contributed by atoms with van der Waals surface area (Å²) in [6.07, 6.45) is 1.89. The summed E-state index contributed by atoms with van der Waals surface area (Å²) in [5, 5.41) is 12.7. The highest BCUT2D eigenvalue weighted by Gasteiger charge is 2.15. The number of carbonyl (C=O) groups is 1. The van der Waals surface area contributed by atoms with E-state index in [2.05, 4.69) is 10.1 Å². The van der Waals surface area contributed by atoms with Gasteiger partial charge >= 0.3 is 5.97 Å². The second-order valence-corrected chi connectivity index (χ2v) is 3.71. The van der Waals surface area contributed by atoms with Crippen LogP contribution in [0.15, 0.2) is 0 Å². The fraction of sp³-hybridized carbons (Fsp3) is 0.900. The predicted octanol–water partition coefficient (Wildman–Crippen LogP) is 0.690. The summed E-state index contributed by atoms with van der Waals surface area (Å²) >= 11 is 0. The van der Waals surface area contributed by atoms with Crippen LogP contribution in [-0.2, 0) is 9.53 Å². The van der Waals surface area contributed by atoms with E-state index in [1.54, 1.807) is 6.92 Å². The van der Waals surface area contributed by atoms with Gasteiger partial charge in [0.1, 0.15) is 0 Å². The second kappa shape index (κ2) is 6.79. The fourth-order valence-electron chi connectivity index (χ4n) is 0.942. The molecule has 0 bridgehead atoms. The lowest BCUT2D eigenvalue weighted by molar-refractivity contribution is -0.140. The molecular weight excluding hydrogens is 182 g/mol. The SMILES string of the molecule is CCC(C)(O)CNCCCC(=O)OC. The molecule has 0 amide bonds. The Bertz CT molecular complexity index is 169. The van der Waals surface area contributed by atoms with Crippen LogP contribution < -0.4 is 5.32 Å². The average Bonchev–Trinajstić information content (AvgIpc) is 2.17. The largest absolute Gasteiger partial charge is 0.469 e. The Morgan fingerprint density at radius 1 is 1.57 bits per heavy atom. The van der Waals surface area contributed by atoms with Crippen molar-refractivity contribution in [2.75, 3.05) is 20.2 Å². The lowest BCUT2D eigenvalue weighted by atomic mass is 10.0. The maximum atomic E-state index is 10.7. The van der Waals surface area contributed by atoms with Crippen molar-refractivity contribution in [3.8, 4) is 0 Å². The maximum absolute atomic E-state index is 10.7. The molecule has 1 unspecified atom stereocenters. The third kappa shape index (κ3) is 6.86. The fourth-order valence-corrected chi connectivity index (χ4v) is 0.942. The Balaban J connectivity index is 3.34. The third-order valence-electron chi connectivity index (χ3n) is 2.23. The molecule has 2 N–H and O–H groups in total. The van der Waals surface area contributed by atoms with E-state index in [9.17, 15) is 9.90 Å². The van der Waals surface area contributed by atoms with E-state index in [0.717, 1.165) is 19.4 Å². The molecule has 0 saturated heterocycles. The van der Waals surface area contributed by atoms with Crippen LogP contribution in [0.5, 0.6) is 0 Å². The zero-order valence-electron chi connectivity index (χ0n) is 9.30. The number of rotatable bonds is 7. The third-order valence-corrected chi connectivity index (χ3v) is 2.23. The van der Waals surface area contributed by atoms with Crippen LogP contribution in [0.2, 0.25) is 0 Å². The van der Waals surface area contributed by atoms with Crippen LogP contribution in [0.1, 0.15) is 33.1 Å². The predicted molar refractivity (Wildman–Crippen MR) is 55.0 cm³/mol. The van der Waals surface area contributed by atoms with Crippen molar-refractivity contribution in [1.82, 2.24) is 5.32 Å². The highest BCUT2D eigenvalue weighted by atomic mass is 16.5. The van der Waals surface area contributed by atoms with Crippen molar-refractivity contribution in [3.63, 3.8) is 0 Å². The molecule has 14 heavy (non-hydrogen) atoms. The van der Waals surface area contributed by atoms with Gasteiger partial charge in [0.2, 0.25) is 0 Å². The number of hydrogen-bond acceptors (Lipinski definition) is 4. The van der Waals surface area contributed by atoms with Crippen LogP contribution in [-0.4, -0.2) is 36.9 Å². The number of nitrogens with one attached hydrogen (secondary N) is 1. The molecule has 0 aromatic carbocycles. The van der Waals surface area contributed by atoms with E-state index in [1.807, 2.05) is 6.92 Å². The van der Waals surface area contributed by atoms with E-state index in [-0.39, 0.29) is 5.97 Å². The van der Waals surface area contributed by atoms with Gasteiger partial charge in [0.15, 0.2) is 0 Å². The van der Waals surface area contributed by atoms with Gasteiger partial charge in [-0.3, -0.25) is 4.79 Å². The summed E-state index contributed by atoms with van der Waals surface area (Å²) in [7, 11) is 1.39. The van der Waals surface area contributed by atoms with Gasteiger partial charge in [-0.05, 0) is 26.3 Å². The summed E-state index contributed by atoms with van der Waals surface area (Å²) in [5.74, 6) is -0.186. The number of ether oxygens (including phenoxy) is 1. The Hall–Kier alpha value is -0.610. The molecule has 0 aromatic rings. The maximum Gasteiger partial charge on any atom is 0.305 e. The van der Waals surface area contributed by atoms with E-state index in [1.165, 1.54) is 7.11 Å². The van der Waals surface area contributed by atoms with Gasteiger partial charge in [-0.2, -0.15) is 0 Å². The summed E-state index contributed by atoms with van der Waals surface area (Å²) in [4.78, 5) is 10.7. The standard InChI is InChI=1S/C10H21NO3/c1-4-10(2,13)8-11-7-5-6-9(12)14-3/h11,13H,4-8H2,1-3H3. The lowest BCUT2D eigenvalue weighted by Gasteiger charge is -2.21. The topological polar surface area (TPSA) is 58.6 Å². The molecule has 0 aliphatic rings. The van der Waals surface area contributed by atoms with Gasteiger partial charge in [0.25, 0.3) is 0 Å². The van der Waals surface area contributed by atoms with Crippen LogP contribution in [0.4, 0.5) is 0 Å². The van der Waals surface area contributed by atoms with Gasteiger partial charge < -0.3 is 15.2 Å². The molecule has 0 fully saturated rings. The Labute approximate surface area is 85.6 Å². The first kappa shape index (κ1) is 13.4. The molecule has 0 aromatic heterocycles. The summed E-state index contributed by atoms with van der Waals surface area (Å²) in [6, 6.07) is 0. The highest BCUT2D eigenvalue weighted by Crippen LogP contribution is 2.05. The minimum Gasteiger partial charge on any atom is -0.469 e. The van der Waals surface area contributed by atoms with E-state index in [4.69, 9.17) is 0 Å². The molecule has 0 aliphatic carbocycles. The molecule has 84 valence electrons. The van der Waals surface area contributed by atoms with E-state index in [0.29, 0.717) is 13.0 Å². The first-order chi connectivity index (χ1) is 6.52. The van der Waals surface area contributed by atoms with Crippen LogP contribution in [0.3, 0.4) is 0 Å². The minimum absolute atomic E-state index is 0.186. The average molecular weight is 203 g/mol. The highest BCUT2D eigenvalue weighted by molar-refractivity contribution is 5.68. The Morgan fingerprint density at radius 2 is 2.21 bits per heavy atom. The smallest absolute Gasteiger partial charge is 0.305 e. The van der Waals surface area contributed by atoms with Gasteiger partial charge in [-0.25, -0.2) is 0 Å². The van der Waals surface area contributed by atoms with Crippen LogP contribution in [0.25, 0.3) is 0 Å². The number of esters is 1. The molecule has 0 spiro atoms. The van der Waals surface area contributed by atoms with Crippen molar-refractivity contribution in [1.29, 1.82) is 0 Å². The zero-order valence-corrected chi connectivity index (χ0v) is 9.30. The van der Waals surface area contributed by atoms with Crippen LogP contribution >= 0.6 is 0 Å². The minimum atomic E-state index is -0.648. The molecule has 1 atom stereocenters. The van der Waals surface area contributed by atoms with Crippen molar-refractivity contribution in [2.24, 2.45) is 0 Å². The number of carbonyl (C=O) groups excluding carboxylic acids is 1. The monoisotopic (exact) mass is 203 g/mol. The normalized spacial score (nSPS) is 14.9. The molecular formula is C10H21NO3. The number of methoxy groups -OCH3 is 1. The van der Waals surface area contributed by atoms with E-state index < -0.39 is 5.60 Å². The summed E-state index contributed by atoms with van der Waals surface area (Å²) in [5.41, 5.74) is -0.648. The molecule has 4 nitrogen and oxygen atoms in total. The number of hydrogen-bond donors (Lipinski definition) is 2. The first-order valence-electron chi connectivity index (χ1n) is 5.01. The summed E-state index contributed by atoms with van der Waals surface area (Å²) in [6.45, 7) is 5.02. The van der Waals surface area contributed by atoms with Gasteiger partial charge in [0.05, 0.1) is 12.7 Å². The van der Waals surface area contributed by atoms with Crippen molar-refractivity contribution in [3.05, 3.63) is 0 Å². The van der Waals surface area contributed by atoms with Crippen molar-refractivity contribution < 1.29 is 14.6 Å². The Morgan fingerprint density at radius 3 is 2.71 bits per heavy atom. The lowest BCUT2D eigenvalue weighted by Crippen LogP contribution is -2.37.